The SMILES string of the molecule is CC(C)C(N)C(=O)CC(C)(C)O[C]=O. The standard InChI is InChI=1S/C10H18NO3/c1-7(2)9(11)8(13)5-10(3,4)14-6-12/h7,9H,5,11H2,1-4H3. The number of hydrogen-bond donors (Lipinski definition) is 1. The Morgan fingerprint density at radius 1 is 1.50 bits per heavy atom. The first-order valence-electron chi connectivity index (χ1n) is 4.63. The highest BCUT2D eigenvalue weighted by Crippen LogP contribution is 2.16. The second-order valence-electron chi connectivity index (χ2n) is 4.36. The Bertz CT molecular complexity index is 211. The third kappa shape index (κ3) is 4.37. The molecule has 1 unspecified atom stereocenters. The van der Waals surface area contributed by atoms with Crippen molar-refractivity contribution in [1.29, 1.82) is 0 Å². The predicted octanol–water partition coefficient (Wildman–Crippen LogP) is 0.791. The van der Waals surface area contributed by atoms with Gasteiger partial charge < -0.3 is 10.5 Å². The van der Waals surface area contributed by atoms with Gasteiger partial charge in [-0.1, -0.05) is 13.8 Å². The molecule has 0 rings (SSSR count). The number of hydrogen-bond acceptors (Lipinski definition) is 4. The molecule has 14 heavy (non-hydrogen) atoms. The van der Waals surface area contributed by atoms with Crippen molar-refractivity contribution in [1.82, 2.24) is 0 Å². The van der Waals surface area contributed by atoms with E-state index in [9.17, 15) is 9.59 Å². The summed E-state index contributed by atoms with van der Waals surface area (Å²) in [7, 11) is 0. The monoisotopic (exact) mass is 200 g/mol. The molecule has 0 amide bonds. The van der Waals surface area contributed by atoms with Crippen LogP contribution in [-0.2, 0) is 14.3 Å². The van der Waals surface area contributed by atoms with Crippen molar-refractivity contribution in [2.75, 3.05) is 0 Å². The second-order valence-corrected chi connectivity index (χ2v) is 4.36. The first kappa shape index (κ1) is 13.1. The normalized spacial score (nSPS) is 13.9. The summed E-state index contributed by atoms with van der Waals surface area (Å²) >= 11 is 0. The Morgan fingerprint density at radius 3 is 2.36 bits per heavy atom. The van der Waals surface area contributed by atoms with Crippen molar-refractivity contribution in [3.05, 3.63) is 0 Å². The number of ether oxygens (including phenoxy) is 1. The zero-order chi connectivity index (χ0) is 11.4. The zero-order valence-corrected chi connectivity index (χ0v) is 9.16. The highest BCUT2D eigenvalue weighted by atomic mass is 16.5. The Hall–Kier alpha value is -0.900. The van der Waals surface area contributed by atoms with Crippen molar-refractivity contribution < 1.29 is 14.3 Å². The van der Waals surface area contributed by atoms with Crippen molar-refractivity contribution in [3.8, 4) is 0 Å². The van der Waals surface area contributed by atoms with E-state index in [1.807, 2.05) is 13.8 Å². The molecular formula is C10H18NO3. The van der Waals surface area contributed by atoms with E-state index < -0.39 is 11.6 Å². The van der Waals surface area contributed by atoms with Crippen LogP contribution in [0.15, 0.2) is 0 Å². The second kappa shape index (κ2) is 5.10. The molecular weight excluding hydrogens is 182 g/mol. The smallest absolute Gasteiger partial charge is 0.418 e. The van der Waals surface area contributed by atoms with E-state index in [4.69, 9.17) is 5.73 Å². The first-order chi connectivity index (χ1) is 6.30. The lowest BCUT2D eigenvalue weighted by atomic mass is 9.92. The Balaban J connectivity index is 4.24. The summed E-state index contributed by atoms with van der Waals surface area (Å²) in [6, 6.07) is -0.496. The maximum absolute atomic E-state index is 11.5. The Kier molecular flexibility index (Phi) is 4.77. The van der Waals surface area contributed by atoms with Crippen LogP contribution in [0, 0.1) is 5.92 Å². The van der Waals surface area contributed by atoms with Gasteiger partial charge in [0.25, 0.3) is 0 Å². The highest BCUT2D eigenvalue weighted by Gasteiger charge is 2.27. The minimum absolute atomic E-state index is 0.0958. The predicted molar refractivity (Wildman–Crippen MR) is 53.3 cm³/mol. The minimum atomic E-state index is -0.814. The van der Waals surface area contributed by atoms with Gasteiger partial charge in [0.05, 0.1) is 6.04 Å². The Labute approximate surface area is 84.8 Å². The van der Waals surface area contributed by atoms with Gasteiger partial charge in [-0.25, -0.2) is 4.79 Å². The lowest BCUT2D eigenvalue weighted by Crippen LogP contribution is -2.40. The van der Waals surface area contributed by atoms with Gasteiger partial charge in [-0.15, -0.1) is 0 Å². The van der Waals surface area contributed by atoms with Gasteiger partial charge in [0.2, 0.25) is 0 Å². The van der Waals surface area contributed by atoms with E-state index in [0.29, 0.717) is 0 Å². The van der Waals surface area contributed by atoms with Gasteiger partial charge in [0.1, 0.15) is 5.60 Å². The quantitative estimate of drug-likeness (QED) is 0.688. The number of nitrogens with two attached hydrogens (primary N) is 1. The van der Waals surface area contributed by atoms with Gasteiger partial charge in [-0.05, 0) is 19.8 Å². The van der Waals surface area contributed by atoms with E-state index in [1.165, 1.54) is 6.47 Å². The summed E-state index contributed by atoms with van der Waals surface area (Å²) in [6.45, 7) is 8.40. The summed E-state index contributed by atoms with van der Waals surface area (Å²) in [5.74, 6) is -0.00115. The number of carbonyl (C=O) groups excluding carboxylic acids is 2. The molecule has 0 aliphatic heterocycles. The van der Waals surface area contributed by atoms with Crippen molar-refractivity contribution in [3.63, 3.8) is 0 Å². The summed E-state index contributed by atoms with van der Waals surface area (Å²) in [5.41, 5.74) is 4.85. The average molecular weight is 200 g/mol. The molecule has 1 radical (unpaired) electrons. The van der Waals surface area contributed by atoms with Crippen LogP contribution in [0.1, 0.15) is 34.1 Å². The number of ketones is 1. The number of rotatable bonds is 6. The topological polar surface area (TPSA) is 69.4 Å². The molecule has 0 saturated carbocycles. The molecule has 2 N–H and O–H groups in total. The fourth-order valence-electron chi connectivity index (χ4n) is 1.06. The van der Waals surface area contributed by atoms with Crippen LogP contribution < -0.4 is 5.73 Å². The van der Waals surface area contributed by atoms with Gasteiger partial charge >= 0.3 is 6.47 Å². The van der Waals surface area contributed by atoms with Gasteiger partial charge in [0, 0.05) is 6.42 Å². The van der Waals surface area contributed by atoms with Crippen LogP contribution in [0.2, 0.25) is 0 Å². The molecule has 0 aromatic rings. The Morgan fingerprint density at radius 2 is 2.00 bits per heavy atom. The molecule has 0 aliphatic carbocycles. The van der Waals surface area contributed by atoms with Crippen LogP contribution in [0.4, 0.5) is 0 Å². The summed E-state index contributed by atoms with van der Waals surface area (Å²) in [5, 5.41) is 0. The van der Waals surface area contributed by atoms with Gasteiger partial charge in [-0.3, -0.25) is 4.79 Å². The molecule has 81 valence electrons. The zero-order valence-electron chi connectivity index (χ0n) is 9.16. The third-order valence-corrected chi connectivity index (χ3v) is 2.01. The van der Waals surface area contributed by atoms with E-state index in [-0.39, 0.29) is 18.1 Å². The molecule has 0 bridgehead atoms. The molecule has 0 fully saturated rings. The summed E-state index contributed by atoms with van der Waals surface area (Å²) in [6.07, 6.45) is 0.127. The van der Waals surface area contributed by atoms with Crippen LogP contribution in [-0.4, -0.2) is 23.9 Å². The average Bonchev–Trinajstić information content (AvgIpc) is 2.01. The van der Waals surface area contributed by atoms with Gasteiger partial charge in [-0.2, -0.15) is 0 Å². The molecule has 0 saturated heterocycles. The van der Waals surface area contributed by atoms with Crippen molar-refractivity contribution in [2.45, 2.75) is 45.8 Å². The van der Waals surface area contributed by atoms with E-state index in [0.717, 1.165) is 0 Å². The largest absolute Gasteiger partial charge is 0.451 e. The van der Waals surface area contributed by atoms with E-state index >= 15 is 0 Å². The molecule has 4 heteroatoms. The lowest BCUT2D eigenvalue weighted by Gasteiger charge is -2.23. The molecule has 0 aromatic heterocycles. The first-order valence-corrected chi connectivity index (χ1v) is 4.63. The lowest BCUT2D eigenvalue weighted by molar-refractivity contribution is -0.124. The van der Waals surface area contributed by atoms with Gasteiger partial charge in [0.15, 0.2) is 5.78 Å². The molecule has 4 nitrogen and oxygen atoms in total. The highest BCUT2D eigenvalue weighted by molar-refractivity contribution is 5.84. The molecule has 0 spiro atoms. The van der Waals surface area contributed by atoms with Crippen LogP contribution in [0.3, 0.4) is 0 Å². The third-order valence-electron chi connectivity index (χ3n) is 2.01. The van der Waals surface area contributed by atoms with E-state index in [2.05, 4.69) is 4.74 Å². The minimum Gasteiger partial charge on any atom is -0.451 e. The summed E-state index contributed by atoms with van der Waals surface area (Å²) < 4.78 is 4.65. The molecule has 0 heterocycles. The van der Waals surface area contributed by atoms with Crippen LogP contribution in [0.5, 0.6) is 0 Å². The molecule has 0 aliphatic rings. The number of carbonyl (C=O) groups is 1. The fraction of sp³-hybridized carbons (Fsp3) is 0.800. The maximum atomic E-state index is 11.5. The summed E-state index contributed by atoms with van der Waals surface area (Å²) in [4.78, 5) is 21.6. The molecule has 1 atom stereocenters. The molecule has 0 aromatic carbocycles. The number of Topliss-reactive ketones (excluding diaryl/α,β-unsaturated/α-hetero) is 1. The van der Waals surface area contributed by atoms with E-state index in [1.54, 1.807) is 13.8 Å². The maximum Gasteiger partial charge on any atom is 0.418 e. The van der Waals surface area contributed by atoms with Crippen LogP contribution in [0.25, 0.3) is 0 Å². The van der Waals surface area contributed by atoms with Crippen molar-refractivity contribution >= 4 is 12.3 Å². The fourth-order valence-corrected chi connectivity index (χ4v) is 1.06. The van der Waals surface area contributed by atoms with Crippen molar-refractivity contribution in [2.24, 2.45) is 11.7 Å². The van der Waals surface area contributed by atoms with Crippen LogP contribution >= 0.6 is 0 Å².